The number of methoxy groups -OCH3 is 2. The molecule has 0 aliphatic rings. The van der Waals surface area contributed by atoms with E-state index in [1.807, 2.05) is 0 Å². The minimum absolute atomic E-state index is 0.0582. The molecule has 31 heavy (non-hydrogen) atoms. The van der Waals surface area contributed by atoms with Crippen LogP contribution in [-0.2, 0) is 0 Å². The lowest BCUT2D eigenvalue weighted by atomic mass is 10.0. The highest BCUT2D eigenvalue weighted by molar-refractivity contribution is 6.31. The van der Waals surface area contributed by atoms with Crippen LogP contribution in [0.4, 0.5) is 12.0 Å². The minimum atomic E-state index is -0.602. The normalized spacial score (nSPS) is 11.7. The van der Waals surface area contributed by atoms with Gasteiger partial charge in [-0.15, -0.1) is 0 Å². The number of nitriles is 1. The van der Waals surface area contributed by atoms with E-state index in [-0.39, 0.29) is 18.5 Å². The van der Waals surface area contributed by atoms with Gasteiger partial charge in [-0.1, -0.05) is 11.6 Å². The number of hydrazine groups is 1. The monoisotopic (exact) mass is 439 g/mol. The van der Waals surface area contributed by atoms with Crippen molar-refractivity contribution < 1.29 is 18.3 Å². The molecule has 4 aromatic rings. The van der Waals surface area contributed by atoms with E-state index in [1.54, 1.807) is 55.6 Å². The van der Waals surface area contributed by atoms with Gasteiger partial charge in [0.05, 0.1) is 38.9 Å². The summed E-state index contributed by atoms with van der Waals surface area (Å²) in [4.78, 5) is 8.67. The predicted molar refractivity (Wildman–Crippen MR) is 114 cm³/mol. The van der Waals surface area contributed by atoms with Crippen molar-refractivity contribution in [2.24, 2.45) is 0 Å². The Morgan fingerprint density at radius 2 is 1.97 bits per heavy atom. The van der Waals surface area contributed by atoms with Crippen molar-refractivity contribution in [2.45, 2.75) is 12.5 Å². The lowest BCUT2D eigenvalue weighted by Gasteiger charge is -2.29. The molecule has 2 aromatic carbocycles. The lowest BCUT2D eigenvalue weighted by Crippen LogP contribution is -2.35. The third kappa shape index (κ3) is 4.20. The quantitative estimate of drug-likeness (QED) is 0.380. The third-order valence-corrected chi connectivity index (χ3v) is 4.94. The third-order valence-electron chi connectivity index (χ3n) is 4.60. The van der Waals surface area contributed by atoms with E-state index >= 15 is 0 Å². The molecule has 0 bridgehead atoms. The second-order valence-electron chi connectivity index (χ2n) is 6.41. The molecule has 1 unspecified atom stereocenters. The van der Waals surface area contributed by atoms with Gasteiger partial charge in [-0.05, 0) is 30.3 Å². The topological polar surface area (TPSA) is 110 Å². The van der Waals surface area contributed by atoms with Crippen molar-refractivity contribution in [1.82, 2.24) is 9.97 Å². The van der Waals surface area contributed by atoms with Crippen molar-refractivity contribution in [3.63, 3.8) is 0 Å². The Hall–Kier alpha value is -3.90. The van der Waals surface area contributed by atoms with Gasteiger partial charge in [0.15, 0.2) is 5.58 Å². The van der Waals surface area contributed by atoms with Gasteiger partial charge in [0.2, 0.25) is 0 Å². The number of benzene rings is 2. The van der Waals surface area contributed by atoms with Gasteiger partial charge >= 0.3 is 12.0 Å². The Morgan fingerprint density at radius 3 is 2.68 bits per heavy atom. The zero-order chi connectivity index (χ0) is 21.8. The Labute approximate surface area is 182 Å². The van der Waals surface area contributed by atoms with Crippen LogP contribution in [0.3, 0.4) is 0 Å². The van der Waals surface area contributed by atoms with Gasteiger partial charge in [-0.3, -0.25) is 0 Å². The molecule has 1 atom stereocenters. The first-order chi connectivity index (χ1) is 15.1. The maximum atomic E-state index is 9.56. The van der Waals surface area contributed by atoms with E-state index in [2.05, 4.69) is 21.5 Å². The van der Waals surface area contributed by atoms with Gasteiger partial charge < -0.3 is 18.3 Å². The maximum Gasteiger partial charge on any atom is 0.318 e. The van der Waals surface area contributed by atoms with Gasteiger partial charge in [-0.2, -0.15) is 10.2 Å². The first-order valence-corrected chi connectivity index (χ1v) is 9.61. The second kappa shape index (κ2) is 8.85. The predicted octanol–water partition coefficient (Wildman–Crippen LogP) is 4.97. The molecular weight excluding hydrogens is 422 g/mol. The summed E-state index contributed by atoms with van der Waals surface area (Å²) >= 11 is 6.49. The molecule has 2 heterocycles. The first-order valence-electron chi connectivity index (χ1n) is 9.23. The number of aromatic nitrogens is 2. The van der Waals surface area contributed by atoms with E-state index in [0.717, 1.165) is 0 Å². The largest absolute Gasteiger partial charge is 0.497 e. The van der Waals surface area contributed by atoms with E-state index in [0.29, 0.717) is 33.2 Å². The Kier molecular flexibility index (Phi) is 5.82. The second-order valence-corrected chi connectivity index (χ2v) is 6.82. The fourth-order valence-corrected chi connectivity index (χ4v) is 3.34. The number of nitrogens with one attached hydrogen (secondary N) is 1. The van der Waals surface area contributed by atoms with Crippen molar-refractivity contribution in [3.8, 4) is 17.6 Å². The highest BCUT2D eigenvalue weighted by Gasteiger charge is 2.29. The van der Waals surface area contributed by atoms with Crippen LogP contribution < -0.4 is 19.9 Å². The zero-order valence-corrected chi connectivity index (χ0v) is 17.5. The molecule has 0 spiro atoms. The van der Waals surface area contributed by atoms with Gasteiger partial charge in [-0.25, -0.2) is 15.4 Å². The van der Waals surface area contributed by atoms with E-state index < -0.39 is 6.04 Å². The smallest absolute Gasteiger partial charge is 0.318 e. The lowest BCUT2D eigenvalue weighted by molar-refractivity contribution is 0.413. The number of oxazole rings is 2. The van der Waals surface area contributed by atoms with Crippen LogP contribution in [0.5, 0.6) is 11.5 Å². The number of ether oxygens (including phenoxy) is 2. The van der Waals surface area contributed by atoms with Crippen molar-refractivity contribution in [3.05, 3.63) is 59.4 Å². The summed E-state index contributed by atoms with van der Waals surface area (Å²) in [5.41, 5.74) is 4.80. The summed E-state index contributed by atoms with van der Waals surface area (Å²) in [6, 6.07) is 12.5. The molecule has 10 heteroatoms. The molecule has 158 valence electrons. The van der Waals surface area contributed by atoms with Gasteiger partial charge in [0.25, 0.3) is 0 Å². The molecule has 1 N–H and O–H groups in total. The molecule has 9 nitrogen and oxygen atoms in total. The number of fused-ring (bicyclic) bond motifs is 1. The number of halogens is 1. The molecule has 0 aliphatic carbocycles. The highest BCUT2D eigenvalue weighted by atomic mass is 35.5. The fraction of sp³-hybridized carbons (Fsp3) is 0.190. The van der Waals surface area contributed by atoms with E-state index in [9.17, 15) is 5.26 Å². The summed E-state index contributed by atoms with van der Waals surface area (Å²) in [5.74, 6) is 1.24. The molecule has 0 saturated heterocycles. The molecule has 0 aliphatic heterocycles. The van der Waals surface area contributed by atoms with Crippen LogP contribution in [0.2, 0.25) is 5.02 Å². The fourth-order valence-electron chi connectivity index (χ4n) is 3.10. The van der Waals surface area contributed by atoms with Crippen LogP contribution in [0.25, 0.3) is 11.1 Å². The number of nitrogens with zero attached hydrogens (tertiary/aromatic N) is 4. The van der Waals surface area contributed by atoms with Crippen LogP contribution >= 0.6 is 11.6 Å². The molecule has 2 aromatic heterocycles. The summed E-state index contributed by atoms with van der Waals surface area (Å²) in [6.07, 6.45) is 2.98. The van der Waals surface area contributed by atoms with Gasteiger partial charge in [0.1, 0.15) is 23.3 Å². The molecular formula is C21H18ClN5O4. The van der Waals surface area contributed by atoms with E-state index in [1.165, 1.54) is 12.5 Å². The number of rotatable bonds is 8. The minimum Gasteiger partial charge on any atom is -0.497 e. The Morgan fingerprint density at radius 1 is 1.19 bits per heavy atom. The molecule has 4 rings (SSSR count). The van der Waals surface area contributed by atoms with Crippen LogP contribution in [0, 0.1) is 11.3 Å². The Balaban J connectivity index is 1.84. The average molecular weight is 440 g/mol. The highest BCUT2D eigenvalue weighted by Crippen LogP contribution is 2.37. The SMILES string of the molecule is COc1ccc(Cl)c(C(CC#N)N(Nc2ncco2)c2nc3cc(OC)ccc3o2)c1. The zero-order valence-electron chi connectivity index (χ0n) is 16.7. The van der Waals surface area contributed by atoms with Crippen LogP contribution in [-0.4, -0.2) is 24.2 Å². The van der Waals surface area contributed by atoms with E-state index in [4.69, 9.17) is 29.9 Å². The standard InChI is InChI=1S/C21H18ClN5O4/c1-28-13-3-5-16(22)15(11-13)18(7-8-23)27(26-20-24-9-10-30-20)21-25-17-12-14(29-2)4-6-19(17)31-21/h3-6,9-12,18H,7H2,1-2H3,(H,24,26). The summed E-state index contributed by atoms with van der Waals surface area (Å²) in [7, 11) is 3.13. The molecule has 0 amide bonds. The van der Waals surface area contributed by atoms with Gasteiger partial charge in [0, 0.05) is 16.7 Å². The number of anilines is 2. The van der Waals surface area contributed by atoms with Crippen LogP contribution in [0.1, 0.15) is 18.0 Å². The van der Waals surface area contributed by atoms with Crippen molar-refractivity contribution in [2.75, 3.05) is 24.7 Å². The average Bonchev–Trinajstić information content (AvgIpc) is 3.45. The molecule has 0 saturated carbocycles. The summed E-state index contributed by atoms with van der Waals surface area (Å²) in [5, 5.41) is 11.6. The van der Waals surface area contributed by atoms with Crippen LogP contribution in [0.15, 0.2) is 57.7 Å². The molecule has 0 radical (unpaired) electrons. The summed E-state index contributed by atoms with van der Waals surface area (Å²) < 4.78 is 21.9. The van der Waals surface area contributed by atoms with Crippen molar-refractivity contribution >= 4 is 34.7 Å². The first kappa shape index (κ1) is 20.4. The summed E-state index contributed by atoms with van der Waals surface area (Å²) in [6.45, 7) is 0. The van der Waals surface area contributed by atoms with Crippen molar-refractivity contribution in [1.29, 1.82) is 5.26 Å². The number of hydrogen-bond acceptors (Lipinski definition) is 9. The number of hydrogen-bond donors (Lipinski definition) is 1. The maximum absolute atomic E-state index is 9.56. The molecule has 0 fully saturated rings. The Bertz CT molecular complexity index is 1220.